The first-order valence-corrected chi connectivity index (χ1v) is 12.4. The van der Waals surface area contributed by atoms with Gasteiger partial charge in [-0.15, -0.1) is 11.3 Å². The van der Waals surface area contributed by atoms with Gasteiger partial charge in [-0.05, 0) is 66.2 Å². The Morgan fingerprint density at radius 3 is 2.74 bits per heavy atom. The molecule has 0 radical (unpaired) electrons. The average molecular weight is 459 g/mol. The number of carbonyl (C=O) groups is 1. The number of sulfonamides is 1. The molecule has 0 aliphatic carbocycles. The average Bonchev–Trinajstić information content (AvgIpc) is 3.25. The maximum absolute atomic E-state index is 13.5. The summed E-state index contributed by atoms with van der Waals surface area (Å²) >= 11 is 1.65. The number of hydrogen-bond acceptors (Lipinski definition) is 4. The fraction of sp³-hybridized carbons (Fsp3) is 0.261. The third-order valence-corrected chi connectivity index (χ3v) is 8.29. The molecule has 1 aliphatic heterocycles. The highest BCUT2D eigenvalue weighted by Gasteiger charge is 2.29. The molecule has 3 aromatic rings. The lowest BCUT2D eigenvalue weighted by Gasteiger charge is -2.26. The van der Waals surface area contributed by atoms with Gasteiger partial charge in [-0.1, -0.05) is 18.2 Å². The number of rotatable bonds is 6. The van der Waals surface area contributed by atoms with Gasteiger partial charge in [-0.3, -0.25) is 4.79 Å². The van der Waals surface area contributed by atoms with Crippen molar-refractivity contribution in [3.63, 3.8) is 0 Å². The van der Waals surface area contributed by atoms with Gasteiger partial charge < -0.3 is 4.90 Å². The van der Waals surface area contributed by atoms with Crippen molar-refractivity contribution in [2.75, 3.05) is 13.1 Å². The molecule has 1 aliphatic rings. The second-order valence-electron chi connectivity index (χ2n) is 7.43. The Hall–Kier alpha value is -2.55. The maximum atomic E-state index is 13.5. The van der Waals surface area contributed by atoms with E-state index in [0.717, 1.165) is 5.56 Å². The Morgan fingerprint density at radius 2 is 1.97 bits per heavy atom. The predicted octanol–water partition coefficient (Wildman–Crippen LogP) is 4.30. The standard InChI is InChI=1S/C23H23FN2O3S2/c1-2-25(15-17-5-3-7-20(24)13-17)23(27)18-6-4-8-21(14-18)31(28,29)26-11-9-22-19(16-26)10-12-30-22/h3-8,10,12-14H,2,9,11,15-16H2,1H3. The van der Waals surface area contributed by atoms with Crippen molar-refractivity contribution in [3.05, 3.63) is 87.4 Å². The van der Waals surface area contributed by atoms with Gasteiger partial charge in [0.25, 0.3) is 5.91 Å². The van der Waals surface area contributed by atoms with Gasteiger partial charge in [0.05, 0.1) is 4.90 Å². The summed E-state index contributed by atoms with van der Waals surface area (Å²) in [6, 6.07) is 14.3. The Balaban J connectivity index is 1.56. The van der Waals surface area contributed by atoms with Crippen molar-refractivity contribution in [1.82, 2.24) is 9.21 Å². The van der Waals surface area contributed by atoms with Crippen LogP contribution in [0, 0.1) is 5.82 Å². The first-order valence-electron chi connectivity index (χ1n) is 10.1. The second kappa shape index (κ2) is 8.90. The molecule has 2 aromatic carbocycles. The zero-order valence-electron chi connectivity index (χ0n) is 17.1. The third-order valence-electron chi connectivity index (χ3n) is 5.42. The predicted molar refractivity (Wildman–Crippen MR) is 119 cm³/mol. The van der Waals surface area contributed by atoms with Crippen LogP contribution in [0.4, 0.5) is 4.39 Å². The molecule has 1 amide bonds. The van der Waals surface area contributed by atoms with E-state index < -0.39 is 10.0 Å². The maximum Gasteiger partial charge on any atom is 0.254 e. The van der Waals surface area contributed by atoms with Gasteiger partial charge >= 0.3 is 0 Å². The highest BCUT2D eigenvalue weighted by Crippen LogP contribution is 2.28. The minimum Gasteiger partial charge on any atom is -0.335 e. The molecule has 0 spiro atoms. The Morgan fingerprint density at radius 1 is 1.16 bits per heavy atom. The molecule has 8 heteroatoms. The van der Waals surface area contributed by atoms with Crippen molar-refractivity contribution >= 4 is 27.3 Å². The van der Waals surface area contributed by atoms with Crippen molar-refractivity contribution < 1.29 is 17.6 Å². The first-order chi connectivity index (χ1) is 14.9. The topological polar surface area (TPSA) is 57.7 Å². The highest BCUT2D eigenvalue weighted by atomic mass is 32.2. The molecule has 0 saturated carbocycles. The van der Waals surface area contributed by atoms with Gasteiger partial charge in [0, 0.05) is 36.6 Å². The lowest BCUT2D eigenvalue weighted by molar-refractivity contribution is 0.0752. The molecule has 4 rings (SSSR count). The monoisotopic (exact) mass is 458 g/mol. The van der Waals surface area contributed by atoms with Crippen LogP contribution in [-0.4, -0.2) is 36.6 Å². The third kappa shape index (κ3) is 4.56. The van der Waals surface area contributed by atoms with Gasteiger partial charge in [0.15, 0.2) is 0 Å². The number of amides is 1. The summed E-state index contributed by atoms with van der Waals surface area (Å²) in [5.41, 5.74) is 2.02. The van der Waals surface area contributed by atoms with Crippen LogP contribution in [0.3, 0.4) is 0 Å². The van der Waals surface area contributed by atoms with Crippen molar-refractivity contribution in [3.8, 4) is 0 Å². The Labute approximate surface area is 185 Å². The van der Waals surface area contributed by atoms with Crippen molar-refractivity contribution in [2.24, 2.45) is 0 Å². The van der Waals surface area contributed by atoms with E-state index in [1.54, 1.807) is 40.5 Å². The van der Waals surface area contributed by atoms with Crippen LogP contribution in [0.15, 0.2) is 64.9 Å². The summed E-state index contributed by atoms with van der Waals surface area (Å²) < 4.78 is 41.4. The van der Waals surface area contributed by atoms with E-state index in [1.807, 2.05) is 18.4 Å². The van der Waals surface area contributed by atoms with Gasteiger partial charge in [0.2, 0.25) is 10.0 Å². The molecule has 1 aromatic heterocycles. The zero-order chi connectivity index (χ0) is 22.0. The highest BCUT2D eigenvalue weighted by molar-refractivity contribution is 7.89. The van der Waals surface area contributed by atoms with Crippen LogP contribution in [-0.2, 0) is 29.5 Å². The van der Waals surface area contributed by atoms with Gasteiger partial charge in [0.1, 0.15) is 5.82 Å². The second-order valence-corrected chi connectivity index (χ2v) is 10.4. The summed E-state index contributed by atoms with van der Waals surface area (Å²) in [4.78, 5) is 16.0. The Kier molecular flexibility index (Phi) is 6.22. The van der Waals surface area contributed by atoms with E-state index in [2.05, 4.69) is 0 Å². The van der Waals surface area contributed by atoms with Crippen LogP contribution in [0.25, 0.3) is 0 Å². The number of halogens is 1. The number of fused-ring (bicyclic) bond motifs is 1. The van der Waals surface area contributed by atoms with E-state index in [0.29, 0.717) is 37.2 Å². The fourth-order valence-electron chi connectivity index (χ4n) is 3.73. The lowest BCUT2D eigenvalue weighted by Crippen LogP contribution is -2.35. The lowest BCUT2D eigenvalue weighted by atomic mass is 10.1. The molecule has 31 heavy (non-hydrogen) atoms. The molecule has 0 saturated heterocycles. The fourth-order valence-corrected chi connectivity index (χ4v) is 6.09. The molecular formula is C23H23FN2O3S2. The zero-order valence-corrected chi connectivity index (χ0v) is 18.8. The summed E-state index contributed by atoms with van der Waals surface area (Å²) in [6.45, 7) is 3.27. The summed E-state index contributed by atoms with van der Waals surface area (Å²) in [5.74, 6) is -0.646. The molecule has 2 heterocycles. The molecule has 0 N–H and O–H groups in total. The van der Waals surface area contributed by atoms with E-state index in [4.69, 9.17) is 0 Å². The Bertz CT molecular complexity index is 1210. The molecule has 0 atom stereocenters. The number of nitrogens with zero attached hydrogens (tertiary/aromatic N) is 2. The molecule has 162 valence electrons. The number of benzene rings is 2. The smallest absolute Gasteiger partial charge is 0.254 e. The minimum absolute atomic E-state index is 0.110. The summed E-state index contributed by atoms with van der Waals surface area (Å²) in [5, 5.41) is 1.98. The van der Waals surface area contributed by atoms with E-state index >= 15 is 0 Å². The number of hydrogen-bond donors (Lipinski definition) is 0. The molecule has 0 fully saturated rings. The van der Waals surface area contributed by atoms with Crippen LogP contribution in [0.5, 0.6) is 0 Å². The van der Waals surface area contributed by atoms with Crippen LogP contribution in [0.2, 0.25) is 0 Å². The number of carbonyl (C=O) groups excluding carboxylic acids is 1. The molecule has 0 unspecified atom stereocenters. The van der Waals surface area contributed by atoms with Gasteiger partial charge in [-0.2, -0.15) is 4.31 Å². The van der Waals surface area contributed by atoms with Crippen LogP contribution in [0.1, 0.15) is 33.3 Å². The SMILES string of the molecule is CCN(Cc1cccc(F)c1)C(=O)c1cccc(S(=O)(=O)N2CCc3sccc3C2)c1. The molecular weight excluding hydrogens is 435 g/mol. The largest absolute Gasteiger partial charge is 0.335 e. The van der Waals surface area contributed by atoms with Crippen LogP contribution < -0.4 is 0 Å². The quantitative estimate of drug-likeness (QED) is 0.554. The minimum atomic E-state index is -3.72. The summed E-state index contributed by atoms with van der Waals surface area (Å²) in [7, 11) is -3.72. The first kappa shape index (κ1) is 21.7. The molecule has 5 nitrogen and oxygen atoms in total. The van der Waals surface area contributed by atoms with E-state index in [1.165, 1.54) is 33.4 Å². The van der Waals surface area contributed by atoms with E-state index in [9.17, 15) is 17.6 Å². The van der Waals surface area contributed by atoms with Crippen molar-refractivity contribution in [2.45, 2.75) is 31.3 Å². The van der Waals surface area contributed by atoms with Crippen molar-refractivity contribution in [1.29, 1.82) is 0 Å². The van der Waals surface area contributed by atoms with Gasteiger partial charge in [-0.25, -0.2) is 12.8 Å². The number of thiophene rings is 1. The normalized spacial score (nSPS) is 14.3. The summed E-state index contributed by atoms with van der Waals surface area (Å²) in [6.07, 6.45) is 0.697. The molecule has 0 bridgehead atoms. The van der Waals surface area contributed by atoms with E-state index in [-0.39, 0.29) is 23.2 Å². The van der Waals surface area contributed by atoms with Crippen LogP contribution >= 0.6 is 11.3 Å².